The van der Waals surface area contributed by atoms with E-state index >= 15 is 0 Å². The Labute approximate surface area is 165 Å². The fourth-order valence-corrected chi connectivity index (χ4v) is 4.88. The minimum absolute atomic E-state index is 0.0217. The second-order valence-electron chi connectivity index (χ2n) is 7.38. The normalized spacial score (nSPS) is 16.8. The van der Waals surface area contributed by atoms with Crippen LogP contribution in [0.3, 0.4) is 0 Å². The average molecular weight is 389 g/mol. The summed E-state index contributed by atoms with van der Waals surface area (Å²) in [6.07, 6.45) is 2.84. The predicted octanol–water partition coefficient (Wildman–Crippen LogP) is 4.64. The molecule has 2 aromatic rings. The summed E-state index contributed by atoms with van der Waals surface area (Å²) in [6, 6.07) is 5.85. The third-order valence-electron chi connectivity index (χ3n) is 4.93. The molecule has 2 heterocycles. The predicted molar refractivity (Wildman–Crippen MR) is 108 cm³/mol. The average Bonchev–Trinajstić information content (AvgIpc) is 3.26. The molecule has 1 aliphatic rings. The van der Waals surface area contributed by atoms with Gasteiger partial charge in [0.2, 0.25) is 0 Å². The van der Waals surface area contributed by atoms with Gasteiger partial charge in [0.05, 0.1) is 31.0 Å². The number of methoxy groups -OCH3 is 2. The number of aryl methyl sites for hydroxylation is 1. The van der Waals surface area contributed by atoms with Crippen LogP contribution in [0.1, 0.15) is 58.7 Å². The zero-order valence-electron chi connectivity index (χ0n) is 16.7. The van der Waals surface area contributed by atoms with E-state index in [2.05, 4.69) is 18.8 Å². The fourth-order valence-electron chi connectivity index (χ4n) is 3.64. The first-order valence-corrected chi connectivity index (χ1v) is 10.3. The molecule has 1 aromatic carbocycles. The summed E-state index contributed by atoms with van der Waals surface area (Å²) < 4.78 is 10.9. The number of hydrogen-bond donors (Lipinski definition) is 0. The van der Waals surface area contributed by atoms with Crippen molar-refractivity contribution in [1.82, 2.24) is 9.88 Å². The minimum Gasteiger partial charge on any atom is -0.497 e. The van der Waals surface area contributed by atoms with Crippen LogP contribution in [0.5, 0.6) is 11.5 Å². The molecule has 1 saturated heterocycles. The summed E-state index contributed by atoms with van der Waals surface area (Å²) in [4.78, 5) is 20.7. The fraction of sp³-hybridized carbons (Fsp3) is 0.524. The third kappa shape index (κ3) is 4.10. The number of rotatable bonds is 6. The molecule has 27 heavy (non-hydrogen) atoms. The van der Waals surface area contributed by atoms with Crippen molar-refractivity contribution in [2.24, 2.45) is 5.92 Å². The first kappa shape index (κ1) is 19.7. The molecule has 1 fully saturated rings. The molecule has 1 unspecified atom stereocenters. The lowest BCUT2D eigenvalue weighted by Crippen LogP contribution is -2.30. The quantitative estimate of drug-likeness (QED) is 0.723. The smallest absolute Gasteiger partial charge is 0.266 e. The summed E-state index contributed by atoms with van der Waals surface area (Å²) in [5.74, 6) is 2.13. The van der Waals surface area contributed by atoms with Gasteiger partial charge in [0.25, 0.3) is 5.91 Å². The second kappa shape index (κ2) is 8.30. The summed E-state index contributed by atoms with van der Waals surface area (Å²) >= 11 is 1.54. The SMILES string of the molecule is COc1ccc(C2CCCN2C(=O)c2sc(CC(C)C)nc2C)c(OC)c1. The number of amides is 1. The summed E-state index contributed by atoms with van der Waals surface area (Å²) in [6.45, 7) is 7.04. The highest BCUT2D eigenvalue weighted by molar-refractivity contribution is 7.13. The Morgan fingerprint density at radius 3 is 2.78 bits per heavy atom. The van der Waals surface area contributed by atoms with Crippen LogP contribution in [0, 0.1) is 12.8 Å². The zero-order valence-corrected chi connectivity index (χ0v) is 17.6. The summed E-state index contributed by atoms with van der Waals surface area (Å²) in [7, 11) is 3.30. The maximum atomic E-state index is 13.3. The van der Waals surface area contributed by atoms with Crippen LogP contribution in [0.2, 0.25) is 0 Å². The maximum absolute atomic E-state index is 13.3. The van der Waals surface area contributed by atoms with E-state index in [1.54, 1.807) is 25.6 Å². The number of benzene rings is 1. The van der Waals surface area contributed by atoms with Gasteiger partial charge in [0, 0.05) is 24.6 Å². The Morgan fingerprint density at radius 1 is 1.33 bits per heavy atom. The lowest BCUT2D eigenvalue weighted by molar-refractivity contribution is 0.0738. The molecular weight excluding hydrogens is 360 g/mol. The third-order valence-corrected chi connectivity index (χ3v) is 6.10. The highest BCUT2D eigenvalue weighted by Gasteiger charge is 2.34. The Bertz CT molecular complexity index is 816. The van der Waals surface area contributed by atoms with E-state index in [0.29, 0.717) is 5.92 Å². The van der Waals surface area contributed by atoms with Crippen LogP contribution < -0.4 is 9.47 Å². The van der Waals surface area contributed by atoms with Crippen molar-refractivity contribution in [2.45, 2.75) is 46.1 Å². The molecular formula is C21H28N2O3S. The van der Waals surface area contributed by atoms with Crippen LogP contribution >= 0.6 is 11.3 Å². The van der Waals surface area contributed by atoms with E-state index < -0.39 is 0 Å². The van der Waals surface area contributed by atoms with E-state index in [0.717, 1.165) is 58.4 Å². The minimum atomic E-state index is 0.0217. The topological polar surface area (TPSA) is 51.7 Å². The Morgan fingerprint density at radius 2 is 2.11 bits per heavy atom. The Hall–Kier alpha value is -2.08. The van der Waals surface area contributed by atoms with Crippen LogP contribution in [0.15, 0.2) is 18.2 Å². The molecule has 0 spiro atoms. The van der Waals surface area contributed by atoms with E-state index in [1.807, 2.05) is 30.0 Å². The van der Waals surface area contributed by atoms with E-state index in [4.69, 9.17) is 9.47 Å². The molecule has 5 nitrogen and oxygen atoms in total. The van der Waals surface area contributed by atoms with E-state index in [-0.39, 0.29) is 11.9 Å². The second-order valence-corrected chi connectivity index (χ2v) is 8.47. The molecule has 0 bridgehead atoms. The van der Waals surface area contributed by atoms with Crippen LogP contribution in [-0.4, -0.2) is 36.6 Å². The summed E-state index contributed by atoms with van der Waals surface area (Å²) in [5.41, 5.74) is 1.88. The van der Waals surface area contributed by atoms with Gasteiger partial charge in [0.1, 0.15) is 16.4 Å². The number of carbonyl (C=O) groups is 1. The largest absolute Gasteiger partial charge is 0.497 e. The molecule has 0 N–H and O–H groups in total. The van der Waals surface area contributed by atoms with Crippen molar-refractivity contribution >= 4 is 17.2 Å². The van der Waals surface area contributed by atoms with Crippen LogP contribution in [0.4, 0.5) is 0 Å². The first-order chi connectivity index (χ1) is 12.9. The van der Waals surface area contributed by atoms with Crippen molar-refractivity contribution in [1.29, 1.82) is 0 Å². The molecule has 0 radical (unpaired) electrons. The Balaban J connectivity index is 1.88. The first-order valence-electron chi connectivity index (χ1n) is 9.43. The summed E-state index contributed by atoms with van der Waals surface area (Å²) in [5, 5.41) is 1.05. The number of aromatic nitrogens is 1. The molecule has 0 aliphatic carbocycles. The van der Waals surface area contributed by atoms with Gasteiger partial charge in [-0.15, -0.1) is 11.3 Å². The number of likely N-dealkylation sites (tertiary alicyclic amines) is 1. The molecule has 1 aliphatic heterocycles. The maximum Gasteiger partial charge on any atom is 0.266 e. The van der Waals surface area contributed by atoms with Gasteiger partial charge < -0.3 is 14.4 Å². The number of nitrogens with zero attached hydrogens (tertiary/aromatic N) is 2. The van der Waals surface area contributed by atoms with Crippen LogP contribution in [0.25, 0.3) is 0 Å². The molecule has 0 saturated carbocycles. The van der Waals surface area contributed by atoms with Crippen LogP contribution in [-0.2, 0) is 6.42 Å². The van der Waals surface area contributed by atoms with Crippen molar-refractivity contribution in [3.8, 4) is 11.5 Å². The number of thiazole rings is 1. The lowest BCUT2D eigenvalue weighted by atomic mass is 10.0. The van der Waals surface area contributed by atoms with Gasteiger partial charge in [-0.05, 0) is 37.8 Å². The standard InChI is InChI=1S/C21H28N2O3S/c1-13(2)11-19-22-14(3)20(27-19)21(24)23-10-6-7-17(23)16-9-8-15(25-4)12-18(16)26-5/h8-9,12-13,17H,6-7,10-11H2,1-5H3. The lowest BCUT2D eigenvalue weighted by Gasteiger charge is -2.26. The van der Waals surface area contributed by atoms with Gasteiger partial charge in [0.15, 0.2) is 0 Å². The molecule has 1 amide bonds. The number of ether oxygens (including phenoxy) is 2. The number of carbonyl (C=O) groups excluding carboxylic acids is 1. The molecule has 1 aromatic heterocycles. The molecule has 6 heteroatoms. The van der Waals surface area contributed by atoms with Gasteiger partial charge >= 0.3 is 0 Å². The molecule has 146 valence electrons. The van der Waals surface area contributed by atoms with Crippen molar-refractivity contribution < 1.29 is 14.3 Å². The molecule has 1 atom stereocenters. The van der Waals surface area contributed by atoms with Gasteiger partial charge in [-0.25, -0.2) is 4.98 Å². The monoisotopic (exact) mass is 388 g/mol. The van der Waals surface area contributed by atoms with E-state index in [1.165, 1.54) is 0 Å². The highest BCUT2D eigenvalue weighted by atomic mass is 32.1. The van der Waals surface area contributed by atoms with Gasteiger partial charge in [-0.3, -0.25) is 4.79 Å². The van der Waals surface area contributed by atoms with Crippen molar-refractivity contribution in [3.05, 3.63) is 39.3 Å². The van der Waals surface area contributed by atoms with Crippen molar-refractivity contribution in [2.75, 3.05) is 20.8 Å². The van der Waals surface area contributed by atoms with Gasteiger partial charge in [-0.1, -0.05) is 13.8 Å². The van der Waals surface area contributed by atoms with Gasteiger partial charge in [-0.2, -0.15) is 0 Å². The van der Waals surface area contributed by atoms with Crippen molar-refractivity contribution in [3.63, 3.8) is 0 Å². The number of hydrogen-bond acceptors (Lipinski definition) is 5. The highest BCUT2D eigenvalue weighted by Crippen LogP contribution is 2.40. The molecule has 3 rings (SSSR count). The Kier molecular flexibility index (Phi) is 6.05. The zero-order chi connectivity index (χ0) is 19.6. The van der Waals surface area contributed by atoms with E-state index in [9.17, 15) is 4.79 Å².